The van der Waals surface area contributed by atoms with Gasteiger partial charge in [0.25, 0.3) is 11.8 Å². The molecule has 2 N–H and O–H groups in total. The molecule has 1 fully saturated rings. The molecular weight excluding hydrogens is 634 g/mol. The summed E-state index contributed by atoms with van der Waals surface area (Å²) in [6, 6.07) is 9.57. The third-order valence-electron chi connectivity index (χ3n) is 9.24. The van der Waals surface area contributed by atoms with E-state index < -0.39 is 28.9 Å². The van der Waals surface area contributed by atoms with Crippen molar-refractivity contribution in [1.29, 1.82) is 0 Å². The van der Waals surface area contributed by atoms with E-state index in [0.717, 1.165) is 11.6 Å². The van der Waals surface area contributed by atoms with Crippen molar-refractivity contribution in [2.75, 3.05) is 0 Å². The van der Waals surface area contributed by atoms with Gasteiger partial charge < -0.3 is 10.4 Å². The van der Waals surface area contributed by atoms with Gasteiger partial charge >= 0.3 is 5.97 Å². The van der Waals surface area contributed by atoms with Crippen molar-refractivity contribution in [3.63, 3.8) is 0 Å². The van der Waals surface area contributed by atoms with Crippen LogP contribution in [0.1, 0.15) is 71.1 Å². The number of rotatable bonds is 13. The van der Waals surface area contributed by atoms with Crippen LogP contribution in [0.25, 0.3) is 5.57 Å². The second kappa shape index (κ2) is 14.2. The summed E-state index contributed by atoms with van der Waals surface area (Å²) in [5.41, 5.74) is 1.74. The first-order valence-corrected chi connectivity index (χ1v) is 16.1. The summed E-state index contributed by atoms with van der Waals surface area (Å²) < 4.78 is 58.1. The number of ketones is 1. The topological polar surface area (TPSA) is 83.5 Å². The predicted molar refractivity (Wildman–Crippen MR) is 181 cm³/mol. The minimum absolute atomic E-state index is 0.0409. The standard InChI is InChI=1S/C40H37F4NO4/c1-3-39(41,42)32-21-30(22-33(23-32)40(43,44)4-2)28-12-5-9-26(10-6-13-28)19-31-24-38(17-18-38)34(36(31)47)15-8-16-35(46)45-25-27-11-7-14-29(20-27)37(48)49/h3-5,7,9-12,14,17-23,34H,1-2,6,8,13,15-16,24-25H2,(H,45,46)(H,48,49)/b9-5-,26-10?,28-12+,31-19+. The van der Waals surface area contributed by atoms with Gasteiger partial charge in [0.15, 0.2) is 5.78 Å². The monoisotopic (exact) mass is 671 g/mol. The van der Waals surface area contributed by atoms with Crippen LogP contribution in [0, 0.1) is 11.3 Å². The molecule has 2 aromatic rings. The molecule has 1 amide bonds. The summed E-state index contributed by atoms with van der Waals surface area (Å²) in [7, 11) is 0. The van der Waals surface area contributed by atoms with Crippen LogP contribution in [0.5, 0.6) is 0 Å². The highest BCUT2D eigenvalue weighted by Crippen LogP contribution is 2.56. The number of hydrogen-bond acceptors (Lipinski definition) is 3. The summed E-state index contributed by atoms with van der Waals surface area (Å²) in [6.07, 6.45) is 16.7. The maximum atomic E-state index is 14.5. The minimum atomic E-state index is -3.50. The number of carboxylic acid groups (broad SMARTS) is 1. The second-order valence-electron chi connectivity index (χ2n) is 12.6. The van der Waals surface area contributed by atoms with Crippen molar-refractivity contribution < 1.29 is 37.1 Å². The average Bonchev–Trinajstić information content (AvgIpc) is 3.80. The molecule has 9 heteroatoms. The number of nitrogens with one attached hydrogen (secondary N) is 1. The highest BCUT2D eigenvalue weighted by atomic mass is 19.3. The maximum Gasteiger partial charge on any atom is 0.335 e. The lowest BCUT2D eigenvalue weighted by Crippen LogP contribution is -2.23. The van der Waals surface area contributed by atoms with Crippen LogP contribution in [0.3, 0.4) is 0 Å². The molecule has 3 aliphatic rings. The van der Waals surface area contributed by atoms with E-state index in [1.54, 1.807) is 30.4 Å². The van der Waals surface area contributed by atoms with E-state index in [9.17, 15) is 31.9 Å². The molecule has 1 spiro atoms. The Hall–Kier alpha value is -5.05. The first-order valence-electron chi connectivity index (χ1n) is 16.1. The molecule has 0 aliphatic heterocycles. The van der Waals surface area contributed by atoms with Gasteiger partial charge in [-0.15, -0.1) is 0 Å². The van der Waals surface area contributed by atoms with E-state index in [1.165, 1.54) is 24.3 Å². The zero-order valence-corrected chi connectivity index (χ0v) is 26.9. The molecule has 5 nitrogen and oxygen atoms in total. The molecule has 2 aromatic carbocycles. The summed E-state index contributed by atoms with van der Waals surface area (Å²) in [4.78, 5) is 37.2. The van der Waals surface area contributed by atoms with E-state index in [1.807, 2.05) is 24.3 Å². The Labute approximate surface area is 282 Å². The molecule has 5 rings (SSSR count). The maximum absolute atomic E-state index is 14.5. The Morgan fingerprint density at radius 3 is 2.35 bits per heavy atom. The Kier molecular flexibility index (Phi) is 10.2. The number of alkyl halides is 4. The summed E-state index contributed by atoms with van der Waals surface area (Å²) in [5, 5.41) is 12.0. The molecule has 0 aromatic heterocycles. The Balaban J connectivity index is 1.22. The lowest BCUT2D eigenvalue weighted by Gasteiger charge is -2.20. The Morgan fingerprint density at radius 2 is 1.71 bits per heavy atom. The fourth-order valence-electron chi connectivity index (χ4n) is 6.36. The SMILES string of the molecule is C=CC(F)(F)c1cc(/C2=C/C=C\C(/C=C3\CC4(C=C4)C(CCCC(=O)NCc4cccc(C(=O)O)c4)C3=O)=CCC2)cc(C(F)(F)C=C)c1. The molecule has 1 atom stereocenters. The van der Waals surface area contributed by atoms with E-state index in [-0.39, 0.29) is 47.1 Å². The van der Waals surface area contributed by atoms with Crippen molar-refractivity contribution in [1.82, 2.24) is 5.32 Å². The van der Waals surface area contributed by atoms with Crippen molar-refractivity contribution >= 4 is 23.2 Å². The number of allylic oxidation sites excluding steroid dienone is 12. The smallest absolute Gasteiger partial charge is 0.335 e. The Morgan fingerprint density at radius 1 is 1.02 bits per heavy atom. The van der Waals surface area contributed by atoms with Crippen molar-refractivity contribution in [2.45, 2.75) is 56.9 Å². The Bertz CT molecular complexity index is 1800. The molecule has 0 radical (unpaired) electrons. The van der Waals surface area contributed by atoms with Crippen LogP contribution < -0.4 is 5.32 Å². The van der Waals surface area contributed by atoms with Gasteiger partial charge in [0.1, 0.15) is 0 Å². The highest BCUT2D eigenvalue weighted by Gasteiger charge is 2.52. The molecule has 0 saturated heterocycles. The van der Waals surface area contributed by atoms with Crippen LogP contribution in [-0.4, -0.2) is 22.8 Å². The van der Waals surface area contributed by atoms with Crippen molar-refractivity contribution in [3.8, 4) is 0 Å². The van der Waals surface area contributed by atoms with Crippen molar-refractivity contribution in [2.24, 2.45) is 11.3 Å². The van der Waals surface area contributed by atoms with E-state index in [2.05, 4.69) is 18.5 Å². The summed E-state index contributed by atoms with van der Waals surface area (Å²) >= 11 is 0. The van der Waals surface area contributed by atoms with Gasteiger partial charge in [-0.3, -0.25) is 9.59 Å². The number of benzene rings is 2. The predicted octanol–water partition coefficient (Wildman–Crippen LogP) is 9.16. The molecule has 1 saturated carbocycles. The summed E-state index contributed by atoms with van der Waals surface area (Å²) in [5.74, 6) is -8.42. The largest absolute Gasteiger partial charge is 0.478 e. The molecule has 49 heavy (non-hydrogen) atoms. The fourth-order valence-corrected chi connectivity index (χ4v) is 6.36. The van der Waals surface area contributed by atoms with Gasteiger partial charge in [0.05, 0.1) is 5.56 Å². The quantitative estimate of drug-likeness (QED) is 0.126. The number of carbonyl (C=O) groups is 3. The van der Waals surface area contributed by atoms with Gasteiger partial charge in [-0.05, 0) is 109 Å². The lowest BCUT2D eigenvalue weighted by atomic mass is 9.86. The molecule has 1 unspecified atom stereocenters. The van der Waals surface area contributed by atoms with Gasteiger partial charge in [-0.25, -0.2) is 4.79 Å². The van der Waals surface area contributed by atoms with Crippen LogP contribution in [0.2, 0.25) is 0 Å². The van der Waals surface area contributed by atoms with Gasteiger partial charge in [0, 0.05) is 35.4 Å². The number of aromatic carboxylic acids is 1. The first kappa shape index (κ1) is 35.3. The zero-order chi connectivity index (χ0) is 35.4. The minimum Gasteiger partial charge on any atom is -0.478 e. The number of Topliss-reactive ketones (excluding diaryl/α,β-unsaturated/α-hetero) is 1. The van der Waals surface area contributed by atoms with E-state index in [0.29, 0.717) is 61.0 Å². The van der Waals surface area contributed by atoms with E-state index in [4.69, 9.17) is 5.11 Å². The van der Waals surface area contributed by atoms with Crippen molar-refractivity contribution in [3.05, 3.63) is 149 Å². The average molecular weight is 672 g/mol. The molecule has 0 bridgehead atoms. The molecule has 254 valence electrons. The molecular formula is C40H37F4NO4. The first-order chi connectivity index (χ1) is 23.3. The second-order valence-corrected chi connectivity index (χ2v) is 12.6. The van der Waals surface area contributed by atoms with Gasteiger partial charge in [-0.2, -0.15) is 17.6 Å². The summed E-state index contributed by atoms with van der Waals surface area (Å²) in [6.45, 7) is 6.52. The molecule has 0 heterocycles. The number of carbonyl (C=O) groups excluding carboxylic acids is 2. The van der Waals surface area contributed by atoms with Crippen LogP contribution >= 0.6 is 0 Å². The molecule has 3 aliphatic carbocycles. The highest BCUT2D eigenvalue weighted by molar-refractivity contribution is 6.02. The number of amides is 1. The zero-order valence-electron chi connectivity index (χ0n) is 26.9. The van der Waals surface area contributed by atoms with Crippen LogP contribution in [0.15, 0.2) is 121 Å². The van der Waals surface area contributed by atoms with E-state index >= 15 is 0 Å². The van der Waals surface area contributed by atoms with Gasteiger partial charge in [0.2, 0.25) is 5.91 Å². The number of halogens is 4. The van der Waals surface area contributed by atoms with Crippen LogP contribution in [-0.2, 0) is 28.0 Å². The lowest BCUT2D eigenvalue weighted by molar-refractivity contribution is -0.122. The van der Waals surface area contributed by atoms with Crippen LogP contribution in [0.4, 0.5) is 17.6 Å². The third-order valence-corrected chi connectivity index (χ3v) is 9.24. The third kappa shape index (κ3) is 8.16. The number of hydrogen-bond donors (Lipinski definition) is 2. The van der Waals surface area contributed by atoms with Gasteiger partial charge in [-0.1, -0.05) is 61.7 Å². The number of carboxylic acids is 1. The normalized spacial score (nSPS) is 20.9. The fraction of sp³-hybridized carbons (Fsp3) is 0.275.